The van der Waals surface area contributed by atoms with Gasteiger partial charge in [-0.1, -0.05) is 156 Å². The van der Waals surface area contributed by atoms with Crippen molar-refractivity contribution in [3.8, 4) is 0 Å². The smallest absolute Gasteiger partial charge is 0.0122 e. The maximum atomic E-state index is 3.40. The first-order valence-corrected chi connectivity index (χ1v) is 15.5. The SMILES string of the molecule is CCCCCCCCCCCCCCCCC(CCCC)C(P)(CCCC)CCCC.Cl. The Kier molecular flexibility index (Phi) is 28.7. The lowest BCUT2D eigenvalue weighted by Crippen LogP contribution is -2.32. The predicted molar refractivity (Wildman–Crippen MR) is 157 cm³/mol. The topological polar surface area (TPSA) is 0 Å². The van der Waals surface area contributed by atoms with Crippen LogP contribution < -0.4 is 0 Å². The first kappa shape index (κ1) is 34.9. The van der Waals surface area contributed by atoms with Crippen LogP contribution in [0.15, 0.2) is 0 Å². The minimum Gasteiger partial charge on any atom is -0.147 e. The summed E-state index contributed by atoms with van der Waals surface area (Å²) in [6, 6.07) is 0. The van der Waals surface area contributed by atoms with E-state index in [4.69, 9.17) is 0 Å². The minimum absolute atomic E-state index is 0. The Balaban J connectivity index is 0. The van der Waals surface area contributed by atoms with Gasteiger partial charge in [-0.15, -0.1) is 21.6 Å². The second-order valence-corrected chi connectivity index (χ2v) is 11.8. The van der Waals surface area contributed by atoms with Crippen molar-refractivity contribution in [3.05, 3.63) is 0 Å². The van der Waals surface area contributed by atoms with Gasteiger partial charge in [0.1, 0.15) is 0 Å². The van der Waals surface area contributed by atoms with Gasteiger partial charge in [0.05, 0.1) is 0 Å². The third kappa shape index (κ3) is 20.1. The lowest BCUT2D eigenvalue weighted by molar-refractivity contribution is 0.274. The molecule has 0 rings (SSSR count). The fourth-order valence-corrected chi connectivity index (χ4v) is 6.04. The third-order valence-corrected chi connectivity index (χ3v) is 8.67. The normalized spacial score (nSPS) is 12.7. The van der Waals surface area contributed by atoms with Crippen molar-refractivity contribution in [1.82, 2.24) is 0 Å². The van der Waals surface area contributed by atoms with Crippen LogP contribution in [0.2, 0.25) is 0 Å². The molecule has 0 saturated carbocycles. The van der Waals surface area contributed by atoms with Gasteiger partial charge in [-0.2, -0.15) is 0 Å². The Hall–Kier alpha value is 0.720. The molecule has 2 heteroatoms. The number of halogens is 1. The molecule has 2 unspecified atom stereocenters. The Morgan fingerprint density at radius 2 is 0.750 bits per heavy atom. The van der Waals surface area contributed by atoms with Gasteiger partial charge < -0.3 is 0 Å². The Labute approximate surface area is 214 Å². The van der Waals surface area contributed by atoms with Gasteiger partial charge in [0.2, 0.25) is 0 Å². The second-order valence-electron chi connectivity index (χ2n) is 10.7. The monoisotopic (exact) mass is 490 g/mol. The van der Waals surface area contributed by atoms with Crippen molar-refractivity contribution >= 4 is 21.6 Å². The molecule has 196 valence electrons. The third-order valence-electron chi connectivity index (χ3n) is 7.62. The molecule has 0 bridgehead atoms. The maximum Gasteiger partial charge on any atom is -0.0122 e. The van der Waals surface area contributed by atoms with E-state index in [0.29, 0.717) is 5.16 Å². The van der Waals surface area contributed by atoms with Gasteiger partial charge in [-0.3, -0.25) is 0 Å². The predicted octanol–water partition coefficient (Wildman–Crippen LogP) is 12.1. The molecule has 0 aromatic rings. The fourth-order valence-electron chi connectivity index (χ4n) is 5.30. The first-order valence-electron chi connectivity index (χ1n) is 14.9. The summed E-state index contributed by atoms with van der Waals surface area (Å²) < 4.78 is 0. The lowest BCUT2D eigenvalue weighted by Gasteiger charge is -2.39. The zero-order chi connectivity index (χ0) is 23.0. The summed E-state index contributed by atoms with van der Waals surface area (Å²) in [4.78, 5) is 0. The van der Waals surface area contributed by atoms with Gasteiger partial charge in [0, 0.05) is 0 Å². The van der Waals surface area contributed by atoms with Crippen molar-refractivity contribution in [2.45, 2.75) is 187 Å². The van der Waals surface area contributed by atoms with Crippen LogP contribution in [-0.2, 0) is 0 Å². The van der Waals surface area contributed by atoms with Crippen molar-refractivity contribution in [2.75, 3.05) is 0 Å². The Morgan fingerprint density at radius 1 is 0.438 bits per heavy atom. The fraction of sp³-hybridized carbons (Fsp3) is 1.00. The average Bonchev–Trinajstić information content (AvgIpc) is 2.78. The maximum absolute atomic E-state index is 3.40. The number of unbranched alkanes of at least 4 members (excludes halogenated alkanes) is 16. The number of hydrogen-bond acceptors (Lipinski definition) is 0. The van der Waals surface area contributed by atoms with Gasteiger partial charge in [0.25, 0.3) is 0 Å². The molecule has 0 aromatic carbocycles. The van der Waals surface area contributed by atoms with Crippen LogP contribution in [0.25, 0.3) is 0 Å². The highest BCUT2D eigenvalue weighted by molar-refractivity contribution is 7.19. The van der Waals surface area contributed by atoms with E-state index < -0.39 is 0 Å². The van der Waals surface area contributed by atoms with Crippen LogP contribution >= 0.6 is 21.6 Å². The summed E-state index contributed by atoms with van der Waals surface area (Å²) in [5.41, 5.74) is 0. The van der Waals surface area contributed by atoms with Crippen LogP contribution in [-0.4, -0.2) is 5.16 Å². The molecule has 0 aliphatic rings. The summed E-state index contributed by atoms with van der Waals surface area (Å²) in [6.45, 7) is 9.40. The number of rotatable bonds is 25. The highest BCUT2D eigenvalue weighted by atomic mass is 35.5. The average molecular weight is 491 g/mol. The summed E-state index contributed by atoms with van der Waals surface area (Å²) in [7, 11) is 3.40. The van der Waals surface area contributed by atoms with Crippen LogP contribution in [0.4, 0.5) is 0 Å². The Bertz CT molecular complexity index is 336. The van der Waals surface area contributed by atoms with E-state index in [0.717, 1.165) is 5.92 Å². The first-order chi connectivity index (χ1) is 15.1. The van der Waals surface area contributed by atoms with Crippen molar-refractivity contribution in [3.63, 3.8) is 0 Å². The molecule has 0 fully saturated rings. The molecule has 0 saturated heterocycles. The molecule has 0 heterocycles. The van der Waals surface area contributed by atoms with Crippen molar-refractivity contribution < 1.29 is 0 Å². The molecular weight excluding hydrogens is 427 g/mol. The van der Waals surface area contributed by atoms with E-state index >= 15 is 0 Å². The molecule has 0 aromatic heterocycles. The van der Waals surface area contributed by atoms with E-state index in [9.17, 15) is 0 Å². The highest BCUT2D eigenvalue weighted by Gasteiger charge is 2.32. The van der Waals surface area contributed by atoms with Gasteiger partial charge in [-0.05, 0) is 36.8 Å². The Morgan fingerprint density at radius 3 is 1.12 bits per heavy atom. The summed E-state index contributed by atoms with van der Waals surface area (Å²) in [6.07, 6.45) is 34.7. The van der Waals surface area contributed by atoms with Crippen LogP contribution in [0.3, 0.4) is 0 Å². The second kappa shape index (κ2) is 26.3. The van der Waals surface area contributed by atoms with Crippen LogP contribution in [0.5, 0.6) is 0 Å². The van der Waals surface area contributed by atoms with Gasteiger partial charge in [0.15, 0.2) is 0 Å². The molecular formula is C30H64ClP. The zero-order valence-corrected chi connectivity index (χ0v) is 25.0. The summed E-state index contributed by atoms with van der Waals surface area (Å²) in [5.74, 6) is 0.938. The molecule has 0 radical (unpaired) electrons. The molecule has 0 N–H and O–H groups in total. The minimum atomic E-state index is 0. The van der Waals surface area contributed by atoms with E-state index in [1.165, 1.54) is 154 Å². The van der Waals surface area contributed by atoms with Gasteiger partial charge >= 0.3 is 0 Å². The quantitative estimate of drug-likeness (QED) is 0.0880. The molecule has 32 heavy (non-hydrogen) atoms. The molecule has 0 amide bonds. The van der Waals surface area contributed by atoms with E-state index in [1.807, 2.05) is 0 Å². The van der Waals surface area contributed by atoms with Crippen LogP contribution in [0, 0.1) is 5.92 Å². The molecule has 0 spiro atoms. The molecule has 0 aliphatic heterocycles. The largest absolute Gasteiger partial charge is 0.147 e. The van der Waals surface area contributed by atoms with E-state index in [-0.39, 0.29) is 12.4 Å². The molecule has 2 atom stereocenters. The van der Waals surface area contributed by atoms with E-state index in [2.05, 4.69) is 36.9 Å². The van der Waals surface area contributed by atoms with Crippen molar-refractivity contribution in [1.29, 1.82) is 0 Å². The molecule has 0 aliphatic carbocycles. The lowest BCUT2D eigenvalue weighted by atomic mass is 9.77. The van der Waals surface area contributed by atoms with E-state index in [1.54, 1.807) is 0 Å². The standard InChI is InChI=1S/C30H63P.ClH/c1-5-9-13-14-15-16-17-18-19-20-21-22-23-24-26-29(25-10-6-2)30(31,27-11-7-3)28-12-8-4;/h29H,5-28,31H2,1-4H3;1H. The highest BCUT2D eigenvalue weighted by Crippen LogP contribution is 2.43. The summed E-state index contributed by atoms with van der Waals surface area (Å²) in [5, 5.41) is 0.526. The summed E-state index contributed by atoms with van der Waals surface area (Å²) >= 11 is 0. The number of hydrogen-bond donors (Lipinski definition) is 0. The van der Waals surface area contributed by atoms with Gasteiger partial charge in [-0.25, -0.2) is 0 Å². The molecule has 0 nitrogen and oxygen atoms in total. The van der Waals surface area contributed by atoms with Crippen molar-refractivity contribution in [2.24, 2.45) is 5.92 Å². The van der Waals surface area contributed by atoms with Crippen LogP contribution in [0.1, 0.15) is 182 Å². The zero-order valence-electron chi connectivity index (χ0n) is 23.0.